The van der Waals surface area contributed by atoms with E-state index >= 15 is 0 Å². The van der Waals surface area contributed by atoms with Crippen LogP contribution in [0.3, 0.4) is 0 Å². The molecule has 0 radical (unpaired) electrons. The second kappa shape index (κ2) is 6.52. The monoisotopic (exact) mass is 297 g/mol. The van der Waals surface area contributed by atoms with Crippen molar-refractivity contribution in [3.63, 3.8) is 0 Å². The van der Waals surface area contributed by atoms with Crippen molar-refractivity contribution < 1.29 is 14.3 Å². The number of nitrogens with zero attached hydrogens (tertiary/aromatic N) is 1. The lowest BCUT2D eigenvalue weighted by Gasteiger charge is -2.14. The molecule has 0 aliphatic carbocycles. The number of aromatic nitrogens is 1. The number of hydrogen-bond donors (Lipinski definition) is 0. The van der Waals surface area contributed by atoms with Crippen molar-refractivity contribution in [3.8, 4) is 0 Å². The van der Waals surface area contributed by atoms with Crippen LogP contribution in [0, 0.1) is 20.8 Å². The van der Waals surface area contributed by atoms with Crippen LogP contribution in [-0.4, -0.2) is 24.3 Å². The van der Waals surface area contributed by atoms with E-state index < -0.39 is 5.97 Å². The number of ether oxygens (including phenoxy) is 1. The Bertz CT molecular complexity index is 718. The fourth-order valence-corrected chi connectivity index (χ4v) is 2.44. The van der Waals surface area contributed by atoms with Crippen LogP contribution < -0.4 is 0 Å². The number of esters is 1. The van der Waals surface area contributed by atoms with Crippen LogP contribution in [0.25, 0.3) is 0 Å². The summed E-state index contributed by atoms with van der Waals surface area (Å²) < 4.78 is 4.78. The Morgan fingerprint density at radius 2 is 1.95 bits per heavy atom. The van der Waals surface area contributed by atoms with Gasteiger partial charge in [0.15, 0.2) is 6.29 Å². The van der Waals surface area contributed by atoms with Gasteiger partial charge in [-0.15, -0.1) is 0 Å². The van der Waals surface area contributed by atoms with Gasteiger partial charge in [-0.3, -0.25) is 9.78 Å². The zero-order chi connectivity index (χ0) is 16.3. The van der Waals surface area contributed by atoms with Crippen molar-refractivity contribution in [2.75, 3.05) is 7.11 Å². The Kier molecular flexibility index (Phi) is 4.71. The average molecular weight is 297 g/mol. The molecule has 4 nitrogen and oxygen atoms in total. The number of benzene rings is 1. The zero-order valence-electron chi connectivity index (χ0n) is 13.3. The van der Waals surface area contributed by atoms with Gasteiger partial charge in [-0.25, -0.2) is 4.79 Å². The van der Waals surface area contributed by atoms with Crippen LogP contribution in [0.4, 0.5) is 0 Å². The van der Waals surface area contributed by atoms with Gasteiger partial charge in [-0.2, -0.15) is 0 Å². The molecule has 0 N–H and O–H groups in total. The minimum atomic E-state index is -0.492. The smallest absolute Gasteiger partial charge is 0.338 e. The number of pyridine rings is 1. The fourth-order valence-electron chi connectivity index (χ4n) is 2.44. The quantitative estimate of drug-likeness (QED) is 0.642. The van der Waals surface area contributed by atoms with Crippen LogP contribution in [0.2, 0.25) is 0 Å². The molecule has 114 valence electrons. The van der Waals surface area contributed by atoms with Gasteiger partial charge in [-0.1, -0.05) is 6.07 Å². The Morgan fingerprint density at radius 1 is 1.23 bits per heavy atom. The van der Waals surface area contributed by atoms with Crippen LogP contribution in [-0.2, 0) is 11.2 Å². The number of hydrogen-bond acceptors (Lipinski definition) is 4. The second-order valence-corrected chi connectivity index (χ2v) is 5.34. The minimum Gasteiger partial charge on any atom is -0.465 e. The van der Waals surface area contributed by atoms with Crippen molar-refractivity contribution >= 4 is 12.3 Å². The largest absolute Gasteiger partial charge is 0.465 e. The van der Waals surface area contributed by atoms with Crippen LogP contribution >= 0.6 is 0 Å². The molecule has 22 heavy (non-hydrogen) atoms. The lowest BCUT2D eigenvalue weighted by molar-refractivity contribution is 0.0598. The fraction of sp³-hybridized carbons (Fsp3) is 0.278. The van der Waals surface area contributed by atoms with Crippen molar-refractivity contribution in [1.29, 1.82) is 0 Å². The van der Waals surface area contributed by atoms with Crippen molar-refractivity contribution in [3.05, 3.63) is 63.5 Å². The molecular weight excluding hydrogens is 278 g/mol. The first kappa shape index (κ1) is 15.9. The Morgan fingerprint density at radius 3 is 2.50 bits per heavy atom. The second-order valence-electron chi connectivity index (χ2n) is 5.34. The molecule has 0 aliphatic heterocycles. The zero-order valence-corrected chi connectivity index (χ0v) is 13.3. The molecule has 0 amide bonds. The Hall–Kier alpha value is -2.49. The third-order valence-electron chi connectivity index (χ3n) is 3.95. The van der Waals surface area contributed by atoms with Crippen molar-refractivity contribution in [2.45, 2.75) is 27.2 Å². The summed E-state index contributed by atoms with van der Waals surface area (Å²) in [5.74, 6) is -0.492. The molecular formula is C18H19NO3. The summed E-state index contributed by atoms with van der Waals surface area (Å²) in [6, 6.07) is 5.72. The maximum absolute atomic E-state index is 11.9. The summed E-state index contributed by atoms with van der Waals surface area (Å²) in [6.45, 7) is 5.75. The lowest BCUT2D eigenvalue weighted by Crippen LogP contribution is -2.10. The summed E-state index contributed by atoms with van der Waals surface area (Å²) in [5, 5.41) is 0. The van der Waals surface area contributed by atoms with Gasteiger partial charge >= 0.3 is 5.97 Å². The summed E-state index contributed by atoms with van der Waals surface area (Å²) in [5.41, 5.74) is 5.55. The van der Waals surface area contributed by atoms with Crippen molar-refractivity contribution in [2.24, 2.45) is 0 Å². The molecule has 1 aromatic heterocycles. The summed E-state index contributed by atoms with van der Waals surface area (Å²) >= 11 is 0. The van der Waals surface area contributed by atoms with Gasteiger partial charge in [0.1, 0.15) is 0 Å². The highest BCUT2D eigenvalue weighted by molar-refractivity contribution is 5.99. The number of aryl methyl sites for hydroxylation is 1. The molecule has 4 heteroatoms. The third kappa shape index (κ3) is 3.06. The molecule has 2 aromatic rings. The van der Waals surface area contributed by atoms with E-state index in [4.69, 9.17) is 4.74 Å². The van der Waals surface area contributed by atoms with E-state index in [2.05, 4.69) is 4.98 Å². The van der Waals surface area contributed by atoms with E-state index in [9.17, 15) is 9.59 Å². The summed E-state index contributed by atoms with van der Waals surface area (Å²) in [4.78, 5) is 27.5. The summed E-state index contributed by atoms with van der Waals surface area (Å²) in [6.07, 6.45) is 3.20. The predicted molar refractivity (Wildman–Crippen MR) is 84.4 cm³/mol. The highest BCUT2D eigenvalue weighted by Crippen LogP contribution is 2.24. The van der Waals surface area contributed by atoms with E-state index in [0.717, 1.165) is 27.9 Å². The first-order chi connectivity index (χ1) is 10.5. The van der Waals surface area contributed by atoms with E-state index in [0.29, 0.717) is 23.8 Å². The first-order valence-electron chi connectivity index (χ1n) is 7.06. The molecule has 0 fully saturated rings. The van der Waals surface area contributed by atoms with E-state index in [1.807, 2.05) is 39.1 Å². The van der Waals surface area contributed by atoms with Gasteiger partial charge in [0.25, 0.3) is 0 Å². The molecule has 0 saturated heterocycles. The van der Waals surface area contributed by atoms with Crippen LogP contribution in [0.15, 0.2) is 24.4 Å². The van der Waals surface area contributed by atoms with Gasteiger partial charge in [0, 0.05) is 17.5 Å². The summed E-state index contributed by atoms with van der Waals surface area (Å²) in [7, 11) is 1.32. The number of carbonyl (C=O) groups is 2. The minimum absolute atomic E-state index is 0.315. The average Bonchev–Trinajstić information content (AvgIpc) is 2.53. The maximum atomic E-state index is 11.9. The highest BCUT2D eigenvalue weighted by Gasteiger charge is 2.18. The van der Waals surface area contributed by atoms with E-state index in [1.165, 1.54) is 7.11 Å². The van der Waals surface area contributed by atoms with Crippen LogP contribution in [0.1, 0.15) is 48.7 Å². The molecule has 2 rings (SSSR count). The number of methoxy groups -OCH3 is 1. The first-order valence-corrected chi connectivity index (χ1v) is 7.06. The van der Waals surface area contributed by atoms with Gasteiger partial charge in [0.2, 0.25) is 0 Å². The van der Waals surface area contributed by atoms with Crippen molar-refractivity contribution in [1.82, 2.24) is 4.98 Å². The molecule has 1 aromatic carbocycles. The van der Waals surface area contributed by atoms with Crippen LogP contribution in [0.5, 0.6) is 0 Å². The van der Waals surface area contributed by atoms with E-state index in [1.54, 1.807) is 6.07 Å². The normalized spacial score (nSPS) is 10.4. The number of rotatable bonds is 4. The maximum Gasteiger partial charge on any atom is 0.338 e. The Balaban J connectivity index is 2.51. The molecule has 0 bridgehead atoms. The van der Waals surface area contributed by atoms with Gasteiger partial charge < -0.3 is 4.74 Å². The lowest BCUT2D eigenvalue weighted by atomic mass is 9.91. The van der Waals surface area contributed by atoms with Gasteiger partial charge in [0.05, 0.1) is 12.7 Å². The molecule has 0 aliphatic rings. The molecule has 0 saturated carbocycles. The number of aldehydes is 1. The highest BCUT2D eigenvalue weighted by atomic mass is 16.5. The SMILES string of the molecule is COC(=O)c1cc(Cc2ccc(C)nc2)c(C)c(C)c1C=O. The Labute approximate surface area is 130 Å². The topological polar surface area (TPSA) is 56.3 Å². The molecule has 0 spiro atoms. The molecule has 1 heterocycles. The third-order valence-corrected chi connectivity index (χ3v) is 3.95. The molecule has 0 unspecified atom stereocenters. The standard InChI is InChI=1S/C18H19NO3/c1-11-5-6-14(9-19-11)7-15-8-16(18(21)22-4)17(10-20)13(3)12(15)2/h5-6,8-10H,7H2,1-4H3. The molecule has 0 atom stereocenters. The van der Waals surface area contributed by atoms with E-state index in [-0.39, 0.29) is 0 Å². The van der Waals surface area contributed by atoms with Gasteiger partial charge in [-0.05, 0) is 61.6 Å². The predicted octanol–water partition coefficient (Wildman–Crippen LogP) is 3.20. The number of carbonyl (C=O) groups excluding carboxylic acids is 2.